The molecule has 1 heterocycles. The van der Waals surface area contributed by atoms with Crippen molar-refractivity contribution in [1.82, 2.24) is 15.3 Å². The first-order valence-electron chi connectivity index (χ1n) is 8.14. The smallest absolute Gasteiger partial charge is 0.144 e. The zero-order valence-corrected chi connectivity index (χ0v) is 14.8. The second-order valence-electron chi connectivity index (χ2n) is 5.81. The minimum Gasteiger partial charge on any atom is -0.487 e. The number of nitrogens with one attached hydrogen (secondary N) is 1. The Hall–Kier alpha value is -3.08. The minimum absolute atomic E-state index is 0.430. The Morgan fingerprint density at radius 1 is 1.16 bits per heavy atom. The number of ether oxygens (including phenoxy) is 1. The Balaban J connectivity index is 1.93. The second-order valence-corrected chi connectivity index (χ2v) is 5.81. The first-order chi connectivity index (χ1) is 12.1. The van der Waals surface area contributed by atoms with Crippen molar-refractivity contribution in [2.45, 2.75) is 6.92 Å². The fourth-order valence-corrected chi connectivity index (χ4v) is 2.58. The van der Waals surface area contributed by atoms with Gasteiger partial charge in [-0.15, -0.1) is 0 Å². The molecular weight excluding hydrogens is 312 g/mol. The molecule has 0 saturated carbocycles. The zero-order valence-electron chi connectivity index (χ0n) is 14.8. The van der Waals surface area contributed by atoms with Gasteiger partial charge < -0.3 is 15.0 Å². The molecule has 128 valence electrons. The molecule has 0 fully saturated rings. The van der Waals surface area contributed by atoms with Crippen LogP contribution in [-0.2, 0) is 0 Å². The molecule has 0 amide bonds. The van der Waals surface area contributed by atoms with Gasteiger partial charge in [-0.2, -0.15) is 0 Å². The van der Waals surface area contributed by atoms with E-state index in [2.05, 4.69) is 26.8 Å². The summed E-state index contributed by atoms with van der Waals surface area (Å²) in [5.41, 5.74) is 2.77. The summed E-state index contributed by atoms with van der Waals surface area (Å²) in [6.07, 6.45) is 0. The highest BCUT2D eigenvalue weighted by Gasteiger charge is 2.12. The van der Waals surface area contributed by atoms with Gasteiger partial charge in [0, 0.05) is 36.9 Å². The third-order valence-corrected chi connectivity index (χ3v) is 3.98. The summed E-state index contributed by atoms with van der Waals surface area (Å²) in [5.74, 6) is 2.41. The molecule has 0 aliphatic rings. The van der Waals surface area contributed by atoms with Gasteiger partial charge in [-0.1, -0.05) is 24.8 Å². The average molecular weight is 334 g/mol. The van der Waals surface area contributed by atoms with E-state index in [0.717, 1.165) is 39.7 Å². The van der Waals surface area contributed by atoms with E-state index in [-0.39, 0.29) is 0 Å². The molecule has 0 radical (unpaired) electrons. The van der Waals surface area contributed by atoms with Crippen LogP contribution in [-0.4, -0.2) is 30.7 Å². The summed E-state index contributed by atoms with van der Waals surface area (Å²) in [6.45, 7) is 6.21. The molecule has 0 spiro atoms. The highest BCUT2D eigenvalue weighted by molar-refractivity contribution is 5.91. The Kier molecular flexibility index (Phi) is 4.84. The number of aromatic nitrogens is 2. The van der Waals surface area contributed by atoms with Crippen LogP contribution in [0.3, 0.4) is 0 Å². The molecule has 0 atom stereocenters. The number of hydrogen-bond donors (Lipinski definition) is 1. The van der Waals surface area contributed by atoms with E-state index < -0.39 is 0 Å². The van der Waals surface area contributed by atoms with Crippen molar-refractivity contribution in [2.24, 2.45) is 0 Å². The molecule has 0 saturated heterocycles. The lowest BCUT2D eigenvalue weighted by Gasteiger charge is -2.21. The average Bonchev–Trinajstić information content (AvgIpc) is 2.65. The number of anilines is 2. The highest BCUT2D eigenvalue weighted by atomic mass is 16.5. The molecule has 1 aromatic heterocycles. The number of likely N-dealkylation sites (N-methyl/N-ethyl adjacent to an activating group) is 1. The van der Waals surface area contributed by atoms with E-state index in [0.29, 0.717) is 6.61 Å². The van der Waals surface area contributed by atoms with Gasteiger partial charge in [0.25, 0.3) is 0 Å². The first kappa shape index (κ1) is 16.8. The maximum absolute atomic E-state index is 5.78. The standard InChI is InChI=1S/C20H22N4O/c1-14(21-3)13-25-17-9-7-8-16(12-17)24(4)20-18-10-5-6-11-19(18)22-15(2)23-20/h5-12,21H,1,13H2,2-4H3. The van der Waals surface area contributed by atoms with Crippen LogP contribution in [0.15, 0.2) is 60.8 Å². The van der Waals surface area contributed by atoms with Crippen molar-refractivity contribution in [1.29, 1.82) is 0 Å². The van der Waals surface area contributed by atoms with Gasteiger partial charge in [-0.3, -0.25) is 0 Å². The van der Waals surface area contributed by atoms with Crippen molar-refractivity contribution >= 4 is 22.4 Å². The Labute approximate surface area is 148 Å². The summed E-state index contributed by atoms with van der Waals surface area (Å²) in [4.78, 5) is 11.2. The largest absolute Gasteiger partial charge is 0.487 e. The molecule has 3 aromatic rings. The molecule has 0 aliphatic carbocycles. The van der Waals surface area contributed by atoms with Crippen molar-refractivity contribution in [3.63, 3.8) is 0 Å². The van der Waals surface area contributed by atoms with E-state index in [9.17, 15) is 0 Å². The van der Waals surface area contributed by atoms with E-state index in [1.165, 1.54) is 0 Å². The second kappa shape index (κ2) is 7.21. The number of nitrogens with zero attached hydrogens (tertiary/aromatic N) is 3. The summed E-state index contributed by atoms with van der Waals surface area (Å²) in [5, 5.41) is 4.00. The summed E-state index contributed by atoms with van der Waals surface area (Å²) in [7, 11) is 3.83. The van der Waals surface area contributed by atoms with Gasteiger partial charge in [0.05, 0.1) is 5.52 Å². The predicted molar refractivity (Wildman–Crippen MR) is 102 cm³/mol. The van der Waals surface area contributed by atoms with Gasteiger partial charge in [0.2, 0.25) is 0 Å². The molecule has 0 aliphatic heterocycles. The number of para-hydroxylation sites is 1. The van der Waals surface area contributed by atoms with E-state index in [4.69, 9.17) is 4.74 Å². The van der Waals surface area contributed by atoms with Crippen LogP contribution in [0, 0.1) is 6.92 Å². The first-order valence-corrected chi connectivity index (χ1v) is 8.14. The maximum Gasteiger partial charge on any atom is 0.144 e. The lowest BCUT2D eigenvalue weighted by molar-refractivity contribution is 0.345. The van der Waals surface area contributed by atoms with Crippen LogP contribution in [0.2, 0.25) is 0 Å². The molecular formula is C20H22N4O. The lowest BCUT2D eigenvalue weighted by Crippen LogP contribution is -2.14. The Morgan fingerprint density at radius 2 is 1.96 bits per heavy atom. The van der Waals surface area contributed by atoms with Crippen LogP contribution >= 0.6 is 0 Å². The number of fused-ring (bicyclic) bond motifs is 1. The van der Waals surface area contributed by atoms with Crippen molar-refractivity contribution in [3.8, 4) is 5.75 Å². The number of aryl methyl sites for hydroxylation is 1. The Morgan fingerprint density at radius 3 is 2.76 bits per heavy atom. The van der Waals surface area contributed by atoms with Gasteiger partial charge in [-0.25, -0.2) is 9.97 Å². The quantitative estimate of drug-likeness (QED) is 0.743. The third-order valence-electron chi connectivity index (χ3n) is 3.98. The lowest BCUT2D eigenvalue weighted by atomic mass is 10.2. The van der Waals surface area contributed by atoms with E-state index >= 15 is 0 Å². The molecule has 0 bridgehead atoms. The van der Waals surface area contributed by atoms with Crippen molar-refractivity contribution in [2.75, 3.05) is 25.6 Å². The normalized spacial score (nSPS) is 10.5. The zero-order chi connectivity index (χ0) is 17.8. The third kappa shape index (κ3) is 3.71. The SMILES string of the molecule is C=C(COc1cccc(N(C)c2nc(C)nc3ccccc23)c1)NC. The van der Waals surface area contributed by atoms with Crippen LogP contribution in [0.25, 0.3) is 10.9 Å². The van der Waals surface area contributed by atoms with E-state index in [1.54, 1.807) is 0 Å². The van der Waals surface area contributed by atoms with Crippen LogP contribution < -0.4 is 15.0 Å². The molecule has 2 aromatic carbocycles. The monoisotopic (exact) mass is 334 g/mol. The summed E-state index contributed by atoms with van der Waals surface area (Å²) in [6, 6.07) is 16.0. The molecule has 3 rings (SSSR count). The minimum atomic E-state index is 0.430. The van der Waals surface area contributed by atoms with Gasteiger partial charge >= 0.3 is 0 Å². The molecule has 1 N–H and O–H groups in total. The van der Waals surface area contributed by atoms with Crippen LogP contribution in [0.1, 0.15) is 5.82 Å². The van der Waals surface area contributed by atoms with E-state index in [1.807, 2.05) is 69.6 Å². The molecule has 25 heavy (non-hydrogen) atoms. The van der Waals surface area contributed by atoms with Crippen molar-refractivity contribution in [3.05, 3.63) is 66.6 Å². The topological polar surface area (TPSA) is 50.3 Å². The fourth-order valence-electron chi connectivity index (χ4n) is 2.58. The molecule has 0 unspecified atom stereocenters. The van der Waals surface area contributed by atoms with Gasteiger partial charge in [-0.05, 0) is 31.2 Å². The number of rotatable bonds is 6. The van der Waals surface area contributed by atoms with Gasteiger partial charge in [0.1, 0.15) is 24.0 Å². The summed E-state index contributed by atoms with van der Waals surface area (Å²) >= 11 is 0. The van der Waals surface area contributed by atoms with Crippen molar-refractivity contribution < 1.29 is 4.74 Å². The number of benzene rings is 2. The maximum atomic E-state index is 5.78. The van der Waals surface area contributed by atoms with Gasteiger partial charge in [0.15, 0.2) is 0 Å². The Bertz CT molecular complexity index is 907. The van der Waals surface area contributed by atoms with Crippen LogP contribution in [0.5, 0.6) is 5.75 Å². The summed E-state index contributed by atoms with van der Waals surface area (Å²) < 4.78 is 5.78. The van der Waals surface area contributed by atoms with Crippen LogP contribution in [0.4, 0.5) is 11.5 Å². The molecule has 5 heteroatoms. The fraction of sp³-hybridized carbons (Fsp3) is 0.200. The predicted octanol–water partition coefficient (Wildman–Crippen LogP) is 3.82. The molecule has 5 nitrogen and oxygen atoms in total. The number of hydrogen-bond acceptors (Lipinski definition) is 5. The highest BCUT2D eigenvalue weighted by Crippen LogP contribution is 2.30.